The molecule has 0 radical (unpaired) electrons. The van der Waals surface area contributed by atoms with Crippen LogP contribution in [0.2, 0.25) is 5.02 Å². The predicted octanol–water partition coefficient (Wildman–Crippen LogP) is 3.84. The van der Waals surface area contributed by atoms with Crippen molar-refractivity contribution in [3.05, 3.63) is 69.7 Å². The van der Waals surface area contributed by atoms with Gasteiger partial charge in [0.2, 0.25) is 0 Å². The summed E-state index contributed by atoms with van der Waals surface area (Å²) >= 11 is 6.35. The molecule has 0 fully saturated rings. The first-order valence-electron chi connectivity index (χ1n) is 9.37. The van der Waals surface area contributed by atoms with E-state index >= 15 is 0 Å². The molecule has 6 heteroatoms. The Morgan fingerprint density at radius 1 is 1.00 bits per heavy atom. The highest BCUT2D eigenvalue weighted by atomic mass is 35.5. The Labute approximate surface area is 161 Å². The minimum absolute atomic E-state index is 0.0235. The van der Waals surface area contributed by atoms with E-state index in [1.54, 1.807) is 0 Å². The molecule has 0 saturated heterocycles. The second-order valence-corrected chi connectivity index (χ2v) is 7.60. The summed E-state index contributed by atoms with van der Waals surface area (Å²) in [5.74, 6) is 0. The molecule has 4 aromatic rings. The number of nitrogens with one attached hydrogen (secondary N) is 1. The Balaban J connectivity index is 1.29. The minimum Gasteiger partial charge on any atom is -0.342 e. The van der Waals surface area contributed by atoms with Gasteiger partial charge in [-0.15, -0.1) is 0 Å². The predicted molar refractivity (Wildman–Crippen MR) is 109 cm³/mol. The van der Waals surface area contributed by atoms with Crippen molar-refractivity contribution >= 4 is 33.5 Å². The van der Waals surface area contributed by atoms with E-state index < -0.39 is 0 Å². The summed E-state index contributed by atoms with van der Waals surface area (Å²) < 4.78 is 4.22. The number of hydrogen-bond donors (Lipinski definition) is 1. The van der Waals surface area contributed by atoms with Crippen LogP contribution in [0, 0.1) is 0 Å². The van der Waals surface area contributed by atoms with Gasteiger partial charge in [-0.25, -0.2) is 4.79 Å². The monoisotopic (exact) mass is 380 g/mol. The highest BCUT2D eigenvalue weighted by Gasteiger charge is 2.19. The lowest BCUT2D eigenvalue weighted by Gasteiger charge is -2.28. The van der Waals surface area contributed by atoms with E-state index in [2.05, 4.69) is 26.6 Å². The summed E-state index contributed by atoms with van der Waals surface area (Å²) in [6, 6.07) is 16.2. The lowest BCUT2D eigenvalue weighted by Crippen LogP contribution is -2.34. The summed E-state index contributed by atoms with van der Waals surface area (Å²) in [4.78, 5) is 17.6. The molecule has 138 valence electrons. The average Bonchev–Trinajstić information content (AvgIpc) is 3.20. The Bertz CT molecular complexity index is 1190. The van der Waals surface area contributed by atoms with Crippen molar-refractivity contribution < 1.29 is 0 Å². The molecule has 2 aromatic heterocycles. The van der Waals surface area contributed by atoms with Crippen LogP contribution < -0.4 is 5.69 Å². The van der Waals surface area contributed by atoms with E-state index in [0.29, 0.717) is 0 Å². The first-order chi connectivity index (χ1) is 13.2. The molecule has 0 atom stereocenters. The summed E-state index contributed by atoms with van der Waals surface area (Å²) in [6.07, 6.45) is 0.947. The van der Waals surface area contributed by atoms with Crippen LogP contribution in [0.4, 0.5) is 0 Å². The van der Waals surface area contributed by atoms with Crippen LogP contribution in [-0.2, 0) is 19.6 Å². The van der Waals surface area contributed by atoms with Crippen LogP contribution >= 0.6 is 11.6 Å². The van der Waals surface area contributed by atoms with Gasteiger partial charge in [0.1, 0.15) is 0 Å². The zero-order valence-electron chi connectivity index (χ0n) is 15.0. The normalized spacial score (nSPS) is 14.9. The molecule has 1 aliphatic rings. The fraction of sp³-hybridized carbons (Fsp3) is 0.286. The molecule has 0 amide bonds. The number of aromatic amines is 1. The second-order valence-electron chi connectivity index (χ2n) is 7.19. The van der Waals surface area contributed by atoms with Crippen molar-refractivity contribution in [2.75, 3.05) is 13.1 Å². The van der Waals surface area contributed by atoms with E-state index in [1.165, 1.54) is 11.2 Å². The number of H-pyrrole nitrogens is 1. The van der Waals surface area contributed by atoms with Gasteiger partial charge >= 0.3 is 5.69 Å². The van der Waals surface area contributed by atoms with Crippen LogP contribution in [0.1, 0.15) is 12.1 Å². The van der Waals surface area contributed by atoms with Gasteiger partial charge in [-0.05, 0) is 36.8 Å². The van der Waals surface area contributed by atoms with Gasteiger partial charge in [-0.2, -0.15) is 0 Å². The molecule has 0 bridgehead atoms. The van der Waals surface area contributed by atoms with Crippen LogP contribution in [0.3, 0.4) is 0 Å². The summed E-state index contributed by atoms with van der Waals surface area (Å²) in [6.45, 7) is 4.63. The maximum Gasteiger partial charge on any atom is 0.326 e. The van der Waals surface area contributed by atoms with Gasteiger partial charge in [0.25, 0.3) is 0 Å². The molecule has 2 aromatic carbocycles. The number of imidazole rings is 1. The number of para-hydroxylation sites is 2. The number of nitrogens with zero attached hydrogens (tertiary/aromatic N) is 3. The first kappa shape index (κ1) is 16.7. The molecule has 27 heavy (non-hydrogen) atoms. The van der Waals surface area contributed by atoms with Gasteiger partial charge in [0, 0.05) is 54.3 Å². The zero-order chi connectivity index (χ0) is 18.4. The Morgan fingerprint density at radius 2 is 1.85 bits per heavy atom. The smallest absolute Gasteiger partial charge is 0.326 e. The molecule has 1 N–H and O–H groups in total. The van der Waals surface area contributed by atoms with Crippen molar-refractivity contribution in [3.8, 4) is 0 Å². The lowest BCUT2D eigenvalue weighted by molar-refractivity contribution is 0.217. The summed E-state index contributed by atoms with van der Waals surface area (Å²) in [5.41, 5.74) is 4.40. The second kappa shape index (κ2) is 6.59. The molecule has 5 nitrogen and oxygen atoms in total. The standard InChI is InChI=1S/C21H21ClN4O/c22-17-5-3-8-19-16(17)13-15-14-24(11-12-25(15)19)9-4-10-26-20-7-2-1-6-18(20)23-21(26)27/h1-3,5-8,13H,4,9-12,14H2,(H,23,27). The maximum absolute atomic E-state index is 12.2. The Hall–Kier alpha value is -2.50. The van der Waals surface area contributed by atoms with Crippen LogP contribution in [0.25, 0.3) is 21.9 Å². The van der Waals surface area contributed by atoms with Crippen molar-refractivity contribution in [1.29, 1.82) is 0 Å². The average molecular weight is 381 g/mol. The SMILES string of the molecule is O=c1[nH]c2ccccc2n1CCCN1CCn2c(cc3c(Cl)cccc32)C1. The first-order valence-corrected chi connectivity index (χ1v) is 9.75. The van der Waals surface area contributed by atoms with Crippen molar-refractivity contribution in [3.63, 3.8) is 0 Å². The quantitative estimate of drug-likeness (QED) is 0.584. The summed E-state index contributed by atoms with van der Waals surface area (Å²) in [5, 5.41) is 1.96. The highest BCUT2D eigenvalue weighted by molar-refractivity contribution is 6.35. The minimum atomic E-state index is -0.0235. The van der Waals surface area contributed by atoms with E-state index in [1.807, 2.05) is 41.0 Å². The Kier molecular flexibility index (Phi) is 4.06. The van der Waals surface area contributed by atoms with Crippen LogP contribution in [0.15, 0.2) is 53.3 Å². The van der Waals surface area contributed by atoms with E-state index in [9.17, 15) is 4.79 Å². The largest absolute Gasteiger partial charge is 0.342 e. The van der Waals surface area contributed by atoms with E-state index in [-0.39, 0.29) is 5.69 Å². The third-order valence-electron chi connectivity index (χ3n) is 5.54. The molecule has 1 aliphatic heterocycles. The fourth-order valence-electron chi connectivity index (χ4n) is 4.22. The molecule has 5 rings (SSSR count). The maximum atomic E-state index is 12.2. The van der Waals surface area contributed by atoms with Crippen LogP contribution in [0.5, 0.6) is 0 Å². The lowest BCUT2D eigenvalue weighted by atomic mass is 10.2. The van der Waals surface area contributed by atoms with Gasteiger partial charge < -0.3 is 9.55 Å². The van der Waals surface area contributed by atoms with Gasteiger partial charge in [0.15, 0.2) is 0 Å². The van der Waals surface area contributed by atoms with Gasteiger partial charge in [0.05, 0.1) is 11.0 Å². The topological polar surface area (TPSA) is 46.0 Å². The number of benzene rings is 2. The fourth-order valence-corrected chi connectivity index (χ4v) is 4.44. The highest BCUT2D eigenvalue weighted by Crippen LogP contribution is 2.29. The van der Waals surface area contributed by atoms with Gasteiger partial charge in [-0.1, -0.05) is 29.8 Å². The zero-order valence-corrected chi connectivity index (χ0v) is 15.7. The van der Waals surface area contributed by atoms with E-state index in [0.717, 1.165) is 60.6 Å². The molecular weight excluding hydrogens is 360 g/mol. The van der Waals surface area contributed by atoms with Crippen molar-refractivity contribution in [2.45, 2.75) is 26.1 Å². The molecule has 0 spiro atoms. The molecule has 0 unspecified atom stereocenters. The number of rotatable bonds is 4. The van der Waals surface area contributed by atoms with Crippen molar-refractivity contribution in [2.24, 2.45) is 0 Å². The summed E-state index contributed by atoms with van der Waals surface area (Å²) in [7, 11) is 0. The third kappa shape index (κ3) is 2.87. The third-order valence-corrected chi connectivity index (χ3v) is 5.87. The van der Waals surface area contributed by atoms with Crippen LogP contribution in [-0.4, -0.2) is 32.1 Å². The number of aromatic nitrogens is 3. The van der Waals surface area contributed by atoms with Gasteiger partial charge in [-0.3, -0.25) is 9.47 Å². The van der Waals surface area contributed by atoms with Crippen molar-refractivity contribution in [1.82, 2.24) is 19.0 Å². The number of aryl methyl sites for hydroxylation is 1. The molecule has 3 heterocycles. The Morgan fingerprint density at radius 3 is 2.78 bits per heavy atom. The number of halogens is 1. The molecule has 0 saturated carbocycles. The molecular formula is C21H21ClN4O. The molecule has 0 aliphatic carbocycles. The van der Waals surface area contributed by atoms with E-state index in [4.69, 9.17) is 11.6 Å². The number of fused-ring (bicyclic) bond motifs is 4. The number of hydrogen-bond acceptors (Lipinski definition) is 2.